The highest BCUT2D eigenvalue weighted by Gasteiger charge is 2.30. The van der Waals surface area contributed by atoms with Crippen LogP contribution < -0.4 is 14.8 Å². The Hall–Kier alpha value is -2.38. The molecule has 0 aromatic heterocycles. The SMILES string of the molecule is O=C1CC[C@H](CCNCc2cc3c(cc2Cl)OCO3)N1Cc1cc(F)cc(F)c1. The number of rotatable bonds is 7. The van der Waals surface area contributed by atoms with E-state index in [9.17, 15) is 13.6 Å². The van der Waals surface area contributed by atoms with E-state index in [0.29, 0.717) is 41.6 Å². The van der Waals surface area contributed by atoms with Gasteiger partial charge in [0.25, 0.3) is 0 Å². The minimum absolute atomic E-state index is 0.0125. The van der Waals surface area contributed by atoms with E-state index >= 15 is 0 Å². The van der Waals surface area contributed by atoms with Gasteiger partial charge in [-0.2, -0.15) is 0 Å². The molecule has 154 valence electrons. The van der Waals surface area contributed by atoms with Gasteiger partial charge in [-0.15, -0.1) is 0 Å². The number of benzene rings is 2. The van der Waals surface area contributed by atoms with E-state index in [-0.39, 0.29) is 25.3 Å². The molecule has 1 saturated heterocycles. The summed E-state index contributed by atoms with van der Waals surface area (Å²) in [5, 5.41) is 3.94. The number of hydrogen-bond donors (Lipinski definition) is 1. The van der Waals surface area contributed by atoms with Crippen molar-refractivity contribution in [2.45, 2.75) is 38.4 Å². The van der Waals surface area contributed by atoms with Crippen LogP contribution >= 0.6 is 11.6 Å². The predicted molar refractivity (Wildman–Crippen MR) is 104 cm³/mol. The number of hydrogen-bond acceptors (Lipinski definition) is 4. The van der Waals surface area contributed by atoms with E-state index in [0.717, 1.165) is 24.5 Å². The third kappa shape index (κ3) is 4.62. The number of likely N-dealkylation sites (tertiary alicyclic amines) is 1. The van der Waals surface area contributed by atoms with Gasteiger partial charge in [0.15, 0.2) is 11.5 Å². The fourth-order valence-corrected chi connectivity index (χ4v) is 4.02. The molecule has 8 heteroatoms. The Morgan fingerprint density at radius 2 is 1.83 bits per heavy atom. The Labute approximate surface area is 172 Å². The second-order valence-electron chi connectivity index (χ2n) is 7.25. The van der Waals surface area contributed by atoms with E-state index < -0.39 is 11.6 Å². The summed E-state index contributed by atoms with van der Waals surface area (Å²) in [6, 6.07) is 7.02. The molecule has 0 unspecified atom stereocenters. The normalized spacial score (nSPS) is 18.0. The number of halogens is 3. The molecule has 2 aliphatic rings. The van der Waals surface area contributed by atoms with Crippen molar-refractivity contribution < 1.29 is 23.0 Å². The van der Waals surface area contributed by atoms with E-state index in [1.807, 2.05) is 6.07 Å². The summed E-state index contributed by atoms with van der Waals surface area (Å²) < 4.78 is 37.6. The van der Waals surface area contributed by atoms with Crippen LogP contribution in [0.25, 0.3) is 0 Å². The molecular weight excluding hydrogens is 402 g/mol. The Kier molecular flexibility index (Phi) is 5.87. The quantitative estimate of drug-likeness (QED) is 0.685. The number of nitrogens with zero attached hydrogens (tertiary/aromatic N) is 1. The van der Waals surface area contributed by atoms with Crippen LogP contribution in [0.15, 0.2) is 30.3 Å². The van der Waals surface area contributed by atoms with Gasteiger partial charge in [0, 0.05) is 42.7 Å². The number of ether oxygens (including phenoxy) is 2. The van der Waals surface area contributed by atoms with Gasteiger partial charge in [-0.1, -0.05) is 11.6 Å². The maximum Gasteiger partial charge on any atom is 0.231 e. The maximum absolute atomic E-state index is 13.4. The Morgan fingerprint density at radius 1 is 1.10 bits per heavy atom. The lowest BCUT2D eigenvalue weighted by Crippen LogP contribution is -2.34. The van der Waals surface area contributed by atoms with Crippen molar-refractivity contribution in [3.63, 3.8) is 0 Å². The Bertz CT molecular complexity index is 905. The third-order valence-corrected chi connectivity index (χ3v) is 5.59. The van der Waals surface area contributed by atoms with Gasteiger partial charge in [-0.25, -0.2) is 8.78 Å². The number of carbonyl (C=O) groups is 1. The van der Waals surface area contributed by atoms with Crippen molar-refractivity contribution in [3.05, 3.63) is 58.1 Å². The summed E-state index contributed by atoms with van der Waals surface area (Å²) in [5.41, 5.74) is 1.37. The molecule has 0 bridgehead atoms. The second-order valence-corrected chi connectivity index (χ2v) is 7.66. The van der Waals surface area contributed by atoms with Crippen LogP contribution in [0.1, 0.15) is 30.4 Å². The summed E-state index contributed by atoms with van der Waals surface area (Å²) in [5.74, 6) is 0.0724. The molecule has 2 aliphatic heterocycles. The van der Waals surface area contributed by atoms with Crippen molar-refractivity contribution in [1.82, 2.24) is 10.2 Å². The van der Waals surface area contributed by atoms with Crippen molar-refractivity contribution in [3.8, 4) is 11.5 Å². The molecule has 2 heterocycles. The van der Waals surface area contributed by atoms with Gasteiger partial charge in [0.2, 0.25) is 12.7 Å². The van der Waals surface area contributed by atoms with Crippen LogP contribution in [-0.4, -0.2) is 30.2 Å². The number of nitrogens with one attached hydrogen (secondary N) is 1. The fourth-order valence-electron chi connectivity index (χ4n) is 3.80. The van der Waals surface area contributed by atoms with E-state index in [1.165, 1.54) is 12.1 Å². The standard InChI is InChI=1S/C21H21ClF2N2O3/c22-18-9-20-19(28-12-29-20)7-14(18)10-25-4-3-17-1-2-21(27)26(17)11-13-5-15(23)8-16(24)6-13/h5-9,17,25H,1-4,10-12H2/t17-/m1/s1. The molecule has 0 saturated carbocycles. The first-order valence-electron chi connectivity index (χ1n) is 9.53. The number of carbonyl (C=O) groups excluding carboxylic acids is 1. The van der Waals surface area contributed by atoms with Gasteiger partial charge >= 0.3 is 0 Å². The molecule has 0 radical (unpaired) electrons. The summed E-state index contributed by atoms with van der Waals surface area (Å²) in [7, 11) is 0. The minimum atomic E-state index is -0.634. The molecule has 2 aromatic carbocycles. The molecule has 1 fully saturated rings. The Morgan fingerprint density at radius 3 is 2.59 bits per heavy atom. The fraction of sp³-hybridized carbons (Fsp3) is 0.381. The first-order valence-corrected chi connectivity index (χ1v) is 9.90. The molecule has 0 aliphatic carbocycles. The molecule has 4 rings (SSSR count). The third-order valence-electron chi connectivity index (χ3n) is 5.24. The first-order chi connectivity index (χ1) is 14.0. The molecule has 1 N–H and O–H groups in total. The summed E-state index contributed by atoms with van der Waals surface area (Å²) >= 11 is 6.28. The average molecular weight is 423 g/mol. The summed E-state index contributed by atoms with van der Waals surface area (Å²) in [6.07, 6.45) is 1.94. The lowest BCUT2D eigenvalue weighted by atomic mass is 10.1. The lowest BCUT2D eigenvalue weighted by Gasteiger charge is -2.25. The van der Waals surface area contributed by atoms with Crippen LogP contribution in [0.3, 0.4) is 0 Å². The van der Waals surface area contributed by atoms with Gasteiger partial charge in [-0.05, 0) is 48.7 Å². The monoisotopic (exact) mass is 422 g/mol. The zero-order chi connectivity index (χ0) is 20.4. The smallest absolute Gasteiger partial charge is 0.231 e. The zero-order valence-electron chi connectivity index (χ0n) is 15.7. The van der Waals surface area contributed by atoms with Crippen molar-refractivity contribution >= 4 is 17.5 Å². The first kappa shape index (κ1) is 19.9. The van der Waals surface area contributed by atoms with E-state index in [1.54, 1.807) is 11.0 Å². The highest BCUT2D eigenvalue weighted by molar-refractivity contribution is 6.31. The van der Waals surface area contributed by atoms with Crippen molar-refractivity contribution in [2.75, 3.05) is 13.3 Å². The van der Waals surface area contributed by atoms with Gasteiger partial charge < -0.3 is 19.7 Å². The zero-order valence-corrected chi connectivity index (χ0v) is 16.5. The van der Waals surface area contributed by atoms with Crippen LogP contribution in [0.2, 0.25) is 5.02 Å². The topological polar surface area (TPSA) is 50.8 Å². The average Bonchev–Trinajstić information content (AvgIpc) is 3.25. The van der Waals surface area contributed by atoms with Gasteiger partial charge in [0.1, 0.15) is 11.6 Å². The molecule has 5 nitrogen and oxygen atoms in total. The van der Waals surface area contributed by atoms with Gasteiger partial charge in [-0.3, -0.25) is 4.79 Å². The second kappa shape index (κ2) is 8.55. The molecule has 0 spiro atoms. The Balaban J connectivity index is 1.31. The van der Waals surface area contributed by atoms with Crippen LogP contribution in [0, 0.1) is 11.6 Å². The predicted octanol–water partition coefficient (Wildman–Crippen LogP) is 4.02. The molecule has 29 heavy (non-hydrogen) atoms. The molecule has 1 atom stereocenters. The molecular formula is C21H21ClF2N2O3. The maximum atomic E-state index is 13.4. The summed E-state index contributed by atoms with van der Waals surface area (Å²) in [4.78, 5) is 14.0. The lowest BCUT2D eigenvalue weighted by molar-refractivity contribution is -0.129. The number of amides is 1. The highest BCUT2D eigenvalue weighted by atomic mass is 35.5. The van der Waals surface area contributed by atoms with Crippen molar-refractivity contribution in [1.29, 1.82) is 0 Å². The van der Waals surface area contributed by atoms with Crippen LogP contribution in [-0.2, 0) is 17.9 Å². The number of fused-ring (bicyclic) bond motifs is 1. The molecule has 2 aromatic rings. The highest BCUT2D eigenvalue weighted by Crippen LogP contribution is 2.36. The van der Waals surface area contributed by atoms with Gasteiger partial charge in [0.05, 0.1) is 0 Å². The van der Waals surface area contributed by atoms with Crippen molar-refractivity contribution in [2.24, 2.45) is 0 Å². The van der Waals surface area contributed by atoms with E-state index in [4.69, 9.17) is 21.1 Å². The van der Waals surface area contributed by atoms with Crippen LogP contribution in [0.4, 0.5) is 8.78 Å². The molecule has 1 amide bonds. The van der Waals surface area contributed by atoms with E-state index in [2.05, 4.69) is 5.32 Å². The van der Waals surface area contributed by atoms with Crippen LogP contribution in [0.5, 0.6) is 11.5 Å². The minimum Gasteiger partial charge on any atom is -0.454 e. The largest absolute Gasteiger partial charge is 0.454 e. The summed E-state index contributed by atoms with van der Waals surface area (Å²) in [6.45, 7) is 1.65.